The number of ether oxygens (including phenoxy) is 3. The van der Waals surface area contributed by atoms with Crippen LogP contribution in [0, 0.1) is 5.92 Å². The zero-order valence-corrected chi connectivity index (χ0v) is 17.4. The maximum atomic E-state index is 12.6. The van der Waals surface area contributed by atoms with E-state index in [-0.39, 0.29) is 5.91 Å². The van der Waals surface area contributed by atoms with E-state index in [2.05, 4.69) is 17.5 Å². The van der Waals surface area contributed by atoms with Crippen molar-refractivity contribution in [3.63, 3.8) is 0 Å². The molecule has 7 heteroatoms. The van der Waals surface area contributed by atoms with Crippen molar-refractivity contribution < 1.29 is 23.4 Å². The average Bonchev–Trinajstić information content (AvgIpc) is 3.24. The predicted molar refractivity (Wildman–Crippen MR) is 110 cm³/mol. The van der Waals surface area contributed by atoms with Crippen molar-refractivity contribution in [2.24, 2.45) is 11.0 Å². The lowest BCUT2D eigenvalue weighted by molar-refractivity contribution is 0.0954. The first-order valence-electron chi connectivity index (χ1n) is 10.1. The van der Waals surface area contributed by atoms with Crippen molar-refractivity contribution >= 4 is 12.1 Å². The summed E-state index contributed by atoms with van der Waals surface area (Å²) in [6.45, 7) is 9.15. The molecular weight excluding hydrogens is 372 g/mol. The molecule has 1 fully saturated rings. The van der Waals surface area contributed by atoms with Crippen LogP contribution in [0.2, 0.25) is 0 Å². The van der Waals surface area contributed by atoms with Crippen LogP contribution < -0.4 is 19.6 Å². The molecule has 2 atom stereocenters. The van der Waals surface area contributed by atoms with Crippen LogP contribution in [0.15, 0.2) is 33.8 Å². The van der Waals surface area contributed by atoms with Gasteiger partial charge in [0.15, 0.2) is 11.5 Å². The highest BCUT2D eigenvalue weighted by molar-refractivity contribution is 5.96. The number of hydrazone groups is 1. The van der Waals surface area contributed by atoms with E-state index in [1.54, 1.807) is 12.1 Å². The van der Waals surface area contributed by atoms with Gasteiger partial charge < -0.3 is 18.6 Å². The number of hydrogen-bond acceptors (Lipinski definition) is 6. The van der Waals surface area contributed by atoms with Crippen molar-refractivity contribution in [1.29, 1.82) is 0 Å². The Morgan fingerprint density at radius 1 is 1.14 bits per heavy atom. The molecule has 3 rings (SSSR count). The summed E-state index contributed by atoms with van der Waals surface area (Å²) < 4.78 is 22.7. The van der Waals surface area contributed by atoms with Crippen LogP contribution in [-0.4, -0.2) is 31.9 Å². The third-order valence-electron chi connectivity index (χ3n) is 4.65. The molecule has 0 aliphatic heterocycles. The van der Waals surface area contributed by atoms with Gasteiger partial charge in [0.2, 0.25) is 5.75 Å². The molecule has 156 valence electrons. The third-order valence-corrected chi connectivity index (χ3v) is 4.65. The van der Waals surface area contributed by atoms with E-state index in [9.17, 15) is 4.79 Å². The molecule has 1 aliphatic rings. The molecule has 1 amide bonds. The summed E-state index contributed by atoms with van der Waals surface area (Å²) in [5.74, 6) is 3.79. The molecule has 1 aromatic heterocycles. The molecule has 7 nitrogen and oxygen atoms in total. The molecule has 0 unspecified atom stereocenters. The normalized spacial score (nSPS) is 17.9. The second-order valence-corrected chi connectivity index (χ2v) is 6.86. The molecule has 0 radical (unpaired) electrons. The fourth-order valence-corrected chi connectivity index (χ4v) is 3.09. The Morgan fingerprint density at radius 3 is 2.31 bits per heavy atom. The summed E-state index contributed by atoms with van der Waals surface area (Å²) in [6, 6.07) is 7.07. The van der Waals surface area contributed by atoms with Crippen LogP contribution in [0.25, 0.3) is 0 Å². The first-order valence-corrected chi connectivity index (χ1v) is 10.1. The van der Waals surface area contributed by atoms with Gasteiger partial charge >= 0.3 is 0 Å². The molecule has 1 aliphatic carbocycles. The monoisotopic (exact) mass is 400 g/mol. The van der Waals surface area contributed by atoms with Gasteiger partial charge in [0.1, 0.15) is 11.5 Å². The quantitative estimate of drug-likeness (QED) is 0.473. The van der Waals surface area contributed by atoms with Gasteiger partial charge in [-0.3, -0.25) is 4.79 Å². The Hall–Kier alpha value is -2.96. The highest BCUT2D eigenvalue weighted by atomic mass is 16.5. The zero-order chi connectivity index (χ0) is 20.8. The predicted octanol–water partition coefficient (Wildman–Crippen LogP) is 4.36. The van der Waals surface area contributed by atoms with Crippen molar-refractivity contribution in [3.05, 3.63) is 41.3 Å². The van der Waals surface area contributed by atoms with Gasteiger partial charge in [-0.25, -0.2) is 5.43 Å². The summed E-state index contributed by atoms with van der Waals surface area (Å²) in [7, 11) is 0. The van der Waals surface area contributed by atoms with Crippen molar-refractivity contribution in [2.45, 2.75) is 40.0 Å². The maximum absolute atomic E-state index is 12.6. The summed E-state index contributed by atoms with van der Waals surface area (Å²) in [5, 5.41) is 4.01. The number of furan rings is 1. The Morgan fingerprint density at radius 2 is 1.76 bits per heavy atom. The lowest BCUT2D eigenvalue weighted by atomic mass is 10.1. The third kappa shape index (κ3) is 5.10. The van der Waals surface area contributed by atoms with Gasteiger partial charge in [-0.2, -0.15) is 5.10 Å². The first-order chi connectivity index (χ1) is 14.1. The van der Waals surface area contributed by atoms with Crippen LogP contribution in [0.1, 0.15) is 61.9 Å². The second-order valence-electron chi connectivity index (χ2n) is 6.86. The summed E-state index contributed by atoms with van der Waals surface area (Å²) >= 11 is 0. The van der Waals surface area contributed by atoms with Crippen LogP contribution >= 0.6 is 0 Å². The number of benzene rings is 1. The van der Waals surface area contributed by atoms with Crippen molar-refractivity contribution in [3.8, 4) is 17.2 Å². The molecule has 1 saturated carbocycles. The summed E-state index contributed by atoms with van der Waals surface area (Å²) in [5.41, 5.74) is 2.88. The van der Waals surface area contributed by atoms with Crippen LogP contribution in [0.3, 0.4) is 0 Å². The van der Waals surface area contributed by atoms with E-state index >= 15 is 0 Å². The standard InChI is InChI=1S/C22H28N2O5/c1-5-26-19-11-15(12-20(27-6-2)21(19)28-7-3)22(25)24-23-13-16-8-9-18(29-16)17-10-14(17)4/h8-9,11-14,17H,5-7,10H2,1-4H3,(H,24,25)/b23-13-/t14-,17+/m0/s1. The van der Waals surface area contributed by atoms with E-state index in [1.165, 1.54) is 6.21 Å². The van der Waals surface area contributed by atoms with E-state index in [0.717, 1.165) is 12.2 Å². The molecule has 0 bridgehead atoms. The van der Waals surface area contributed by atoms with Gasteiger partial charge in [-0.05, 0) is 57.4 Å². The lowest BCUT2D eigenvalue weighted by Crippen LogP contribution is -2.18. The topological polar surface area (TPSA) is 82.3 Å². The van der Waals surface area contributed by atoms with Gasteiger partial charge in [0, 0.05) is 11.5 Å². The fourth-order valence-electron chi connectivity index (χ4n) is 3.09. The Bertz CT molecular complexity index is 847. The molecule has 0 spiro atoms. The largest absolute Gasteiger partial charge is 0.490 e. The van der Waals surface area contributed by atoms with Gasteiger partial charge in [0.25, 0.3) is 5.91 Å². The van der Waals surface area contributed by atoms with Gasteiger partial charge in [-0.1, -0.05) is 6.92 Å². The second kappa shape index (κ2) is 9.49. The maximum Gasteiger partial charge on any atom is 0.271 e. The molecule has 0 saturated heterocycles. The average molecular weight is 400 g/mol. The molecular formula is C22H28N2O5. The molecule has 29 heavy (non-hydrogen) atoms. The Balaban J connectivity index is 1.72. The lowest BCUT2D eigenvalue weighted by Gasteiger charge is -2.16. The minimum Gasteiger partial charge on any atom is -0.490 e. The fraction of sp³-hybridized carbons (Fsp3) is 0.455. The number of nitrogens with zero attached hydrogens (tertiary/aromatic N) is 1. The van der Waals surface area contributed by atoms with Gasteiger partial charge in [0.05, 0.1) is 26.0 Å². The van der Waals surface area contributed by atoms with Crippen LogP contribution in [0.5, 0.6) is 17.2 Å². The minimum atomic E-state index is -0.381. The first kappa shape index (κ1) is 20.8. The smallest absolute Gasteiger partial charge is 0.271 e. The van der Waals surface area contributed by atoms with E-state index in [1.807, 2.05) is 32.9 Å². The number of carbonyl (C=O) groups is 1. The Kier molecular flexibility index (Phi) is 6.80. The number of amides is 1. The van der Waals surface area contributed by atoms with E-state index in [0.29, 0.717) is 60.2 Å². The summed E-state index contributed by atoms with van der Waals surface area (Å²) in [6.07, 6.45) is 2.65. The van der Waals surface area contributed by atoms with E-state index < -0.39 is 0 Å². The number of hydrogen-bond donors (Lipinski definition) is 1. The molecule has 1 heterocycles. The van der Waals surface area contributed by atoms with Gasteiger partial charge in [-0.15, -0.1) is 0 Å². The number of nitrogens with one attached hydrogen (secondary N) is 1. The Labute approximate surface area is 171 Å². The van der Waals surface area contributed by atoms with Crippen LogP contribution in [-0.2, 0) is 0 Å². The molecule has 2 aromatic rings. The van der Waals surface area contributed by atoms with Crippen molar-refractivity contribution in [1.82, 2.24) is 5.43 Å². The SMILES string of the molecule is CCOc1cc(C(=O)N/N=C\c2ccc([C@@H]3C[C@@H]3C)o2)cc(OCC)c1OCC. The highest BCUT2D eigenvalue weighted by Crippen LogP contribution is 2.47. The number of carbonyl (C=O) groups excluding carboxylic acids is 1. The molecule has 1 N–H and O–H groups in total. The molecule has 1 aromatic carbocycles. The highest BCUT2D eigenvalue weighted by Gasteiger charge is 2.36. The van der Waals surface area contributed by atoms with E-state index in [4.69, 9.17) is 18.6 Å². The van der Waals surface area contributed by atoms with Crippen LogP contribution in [0.4, 0.5) is 0 Å². The zero-order valence-electron chi connectivity index (χ0n) is 17.4. The number of rotatable bonds is 10. The van der Waals surface area contributed by atoms with Crippen molar-refractivity contribution in [2.75, 3.05) is 19.8 Å². The summed E-state index contributed by atoms with van der Waals surface area (Å²) in [4.78, 5) is 12.6. The minimum absolute atomic E-state index is 0.365.